The van der Waals surface area contributed by atoms with Gasteiger partial charge >= 0.3 is 5.97 Å². The maximum absolute atomic E-state index is 12.1. The van der Waals surface area contributed by atoms with Gasteiger partial charge in [-0.05, 0) is 46.3 Å². The van der Waals surface area contributed by atoms with Crippen LogP contribution in [0.4, 0.5) is 0 Å². The van der Waals surface area contributed by atoms with E-state index in [-0.39, 0.29) is 5.92 Å². The van der Waals surface area contributed by atoms with Gasteiger partial charge in [-0.2, -0.15) is 0 Å². The van der Waals surface area contributed by atoms with Gasteiger partial charge in [0.15, 0.2) is 11.5 Å². The largest absolute Gasteiger partial charge is 0.486 e. The van der Waals surface area contributed by atoms with Crippen LogP contribution in [0.5, 0.6) is 11.5 Å². The fourth-order valence-electron chi connectivity index (χ4n) is 3.73. The Hall–Kier alpha value is -1.23. The molecule has 0 radical (unpaired) electrons. The molecule has 0 atom stereocenters. The fourth-order valence-corrected chi connectivity index (χ4v) is 4.26. The zero-order valence-corrected chi connectivity index (χ0v) is 14.5. The maximum atomic E-state index is 12.1. The molecule has 1 saturated carbocycles. The molecular weight excluding hydrogens is 348 g/mol. The fraction of sp³-hybridized carbons (Fsp3) is 0.588. The summed E-state index contributed by atoms with van der Waals surface area (Å²) < 4.78 is 12.4. The van der Waals surface area contributed by atoms with Gasteiger partial charge in [-0.15, -0.1) is 0 Å². The van der Waals surface area contributed by atoms with E-state index in [0.29, 0.717) is 31.8 Å². The number of carboxylic acids is 1. The Morgan fingerprint density at radius 2 is 1.82 bits per heavy atom. The van der Waals surface area contributed by atoms with Gasteiger partial charge in [-0.3, -0.25) is 4.79 Å². The molecule has 1 aliphatic heterocycles. The summed E-state index contributed by atoms with van der Waals surface area (Å²) in [6, 6.07) is 1.95. The average molecular weight is 369 g/mol. The highest BCUT2D eigenvalue weighted by Crippen LogP contribution is 2.52. The van der Waals surface area contributed by atoms with Crippen molar-refractivity contribution in [3.8, 4) is 11.5 Å². The first-order chi connectivity index (χ1) is 10.5. The Morgan fingerprint density at radius 3 is 2.36 bits per heavy atom. The van der Waals surface area contributed by atoms with E-state index in [1.54, 1.807) is 0 Å². The van der Waals surface area contributed by atoms with Crippen molar-refractivity contribution in [2.24, 2.45) is 0 Å². The number of benzene rings is 1. The molecule has 0 amide bonds. The summed E-state index contributed by atoms with van der Waals surface area (Å²) in [6.07, 6.45) is 3.29. The lowest BCUT2D eigenvalue weighted by atomic mass is 9.74. The van der Waals surface area contributed by atoms with Crippen molar-refractivity contribution in [3.05, 3.63) is 21.7 Å². The van der Waals surface area contributed by atoms with Crippen LogP contribution >= 0.6 is 15.9 Å². The maximum Gasteiger partial charge on any atom is 0.314 e. The summed E-state index contributed by atoms with van der Waals surface area (Å²) in [5.74, 6) is 0.876. The van der Waals surface area contributed by atoms with E-state index in [0.717, 1.165) is 34.2 Å². The van der Waals surface area contributed by atoms with Gasteiger partial charge in [-0.1, -0.05) is 26.7 Å². The molecule has 1 N–H and O–H groups in total. The highest BCUT2D eigenvalue weighted by molar-refractivity contribution is 9.10. The third-order valence-corrected chi connectivity index (χ3v) is 5.35. The number of rotatable bonds is 3. The molecule has 4 nitrogen and oxygen atoms in total. The van der Waals surface area contributed by atoms with Crippen LogP contribution in [-0.2, 0) is 10.2 Å². The number of halogens is 1. The first-order valence-electron chi connectivity index (χ1n) is 7.83. The first-order valence-corrected chi connectivity index (χ1v) is 8.62. The van der Waals surface area contributed by atoms with Crippen LogP contribution in [0.25, 0.3) is 0 Å². The third-order valence-electron chi connectivity index (χ3n) is 4.76. The Morgan fingerprint density at radius 1 is 1.23 bits per heavy atom. The highest BCUT2D eigenvalue weighted by atomic mass is 79.9. The molecule has 5 heteroatoms. The Balaban J connectivity index is 2.27. The van der Waals surface area contributed by atoms with Crippen molar-refractivity contribution in [2.45, 2.75) is 50.9 Å². The Labute approximate surface area is 138 Å². The molecule has 1 aromatic carbocycles. The molecule has 120 valence electrons. The molecule has 1 aromatic rings. The molecule has 0 bridgehead atoms. The van der Waals surface area contributed by atoms with Crippen molar-refractivity contribution < 1.29 is 19.4 Å². The topological polar surface area (TPSA) is 55.8 Å². The molecule has 1 fully saturated rings. The smallest absolute Gasteiger partial charge is 0.314 e. The lowest BCUT2D eigenvalue weighted by Gasteiger charge is -2.32. The SMILES string of the molecule is CC(C)c1c(C2(C(=O)O)CCCC2)cc(Br)c2c1OCCO2. The van der Waals surface area contributed by atoms with E-state index < -0.39 is 11.4 Å². The predicted molar refractivity (Wildman–Crippen MR) is 87.0 cm³/mol. The summed E-state index contributed by atoms with van der Waals surface area (Å²) in [5.41, 5.74) is 1.09. The van der Waals surface area contributed by atoms with Gasteiger partial charge in [-0.25, -0.2) is 0 Å². The number of carbonyl (C=O) groups is 1. The molecule has 0 unspecified atom stereocenters. The number of aliphatic carboxylic acids is 1. The van der Waals surface area contributed by atoms with Crippen molar-refractivity contribution in [2.75, 3.05) is 13.2 Å². The van der Waals surface area contributed by atoms with Gasteiger partial charge in [0, 0.05) is 5.56 Å². The molecule has 0 spiro atoms. The average Bonchev–Trinajstić information content (AvgIpc) is 2.97. The zero-order chi connectivity index (χ0) is 15.9. The molecule has 1 heterocycles. The number of ether oxygens (including phenoxy) is 2. The van der Waals surface area contributed by atoms with Crippen molar-refractivity contribution in [3.63, 3.8) is 0 Å². The Bertz CT molecular complexity index is 603. The van der Waals surface area contributed by atoms with Gasteiger partial charge in [0.25, 0.3) is 0 Å². The van der Waals surface area contributed by atoms with Crippen LogP contribution in [0.1, 0.15) is 56.6 Å². The van der Waals surface area contributed by atoms with Crippen LogP contribution < -0.4 is 9.47 Å². The second-order valence-electron chi connectivity index (χ2n) is 6.42. The predicted octanol–water partition coefficient (Wildman–Crippen LogP) is 4.24. The first kappa shape index (κ1) is 15.7. The Kier molecular flexibility index (Phi) is 4.10. The van der Waals surface area contributed by atoms with Gasteiger partial charge in [0.1, 0.15) is 13.2 Å². The molecule has 3 rings (SSSR count). The minimum Gasteiger partial charge on any atom is -0.486 e. The minimum atomic E-state index is -0.794. The number of carboxylic acid groups (broad SMARTS) is 1. The van der Waals surface area contributed by atoms with Gasteiger partial charge < -0.3 is 14.6 Å². The van der Waals surface area contributed by atoms with Crippen LogP contribution in [0.15, 0.2) is 10.5 Å². The van der Waals surface area contributed by atoms with Gasteiger partial charge in [0.2, 0.25) is 0 Å². The number of fused-ring (bicyclic) bond motifs is 1. The molecule has 1 aliphatic carbocycles. The summed E-state index contributed by atoms with van der Waals surface area (Å²) in [4.78, 5) is 12.1. The van der Waals surface area contributed by atoms with Crippen LogP contribution in [0.2, 0.25) is 0 Å². The van der Waals surface area contributed by atoms with Crippen LogP contribution in [-0.4, -0.2) is 24.3 Å². The molecule has 22 heavy (non-hydrogen) atoms. The van der Waals surface area contributed by atoms with E-state index in [1.165, 1.54) is 0 Å². The lowest BCUT2D eigenvalue weighted by molar-refractivity contribution is -0.143. The molecule has 2 aliphatic rings. The summed E-state index contributed by atoms with van der Waals surface area (Å²) in [7, 11) is 0. The van der Waals surface area contributed by atoms with E-state index >= 15 is 0 Å². The van der Waals surface area contributed by atoms with Gasteiger partial charge in [0.05, 0.1) is 9.89 Å². The number of hydrogen-bond acceptors (Lipinski definition) is 3. The van der Waals surface area contributed by atoms with Crippen LogP contribution in [0.3, 0.4) is 0 Å². The van der Waals surface area contributed by atoms with E-state index in [2.05, 4.69) is 29.8 Å². The quantitative estimate of drug-likeness (QED) is 0.866. The molecule has 0 aromatic heterocycles. The lowest BCUT2D eigenvalue weighted by Crippen LogP contribution is -2.34. The summed E-state index contributed by atoms with van der Waals surface area (Å²) in [5, 5.41) is 9.93. The zero-order valence-electron chi connectivity index (χ0n) is 12.9. The summed E-state index contributed by atoms with van der Waals surface area (Å²) >= 11 is 3.54. The normalized spacial score (nSPS) is 19.5. The molecule has 0 saturated heterocycles. The highest BCUT2D eigenvalue weighted by Gasteiger charge is 2.46. The van der Waals surface area contributed by atoms with E-state index in [4.69, 9.17) is 9.47 Å². The van der Waals surface area contributed by atoms with Crippen molar-refractivity contribution >= 4 is 21.9 Å². The third kappa shape index (κ3) is 2.30. The van der Waals surface area contributed by atoms with Crippen molar-refractivity contribution in [1.82, 2.24) is 0 Å². The van der Waals surface area contributed by atoms with Crippen LogP contribution in [0, 0.1) is 0 Å². The molecular formula is C17H21BrO4. The second kappa shape index (κ2) is 5.76. The van der Waals surface area contributed by atoms with E-state index in [9.17, 15) is 9.90 Å². The summed E-state index contributed by atoms with van der Waals surface area (Å²) in [6.45, 7) is 5.18. The van der Waals surface area contributed by atoms with E-state index in [1.807, 2.05) is 6.07 Å². The standard InChI is InChI=1S/C17H21BrO4/c1-10(2)13-11(17(16(19)20)5-3-4-6-17)9-12(18)14-15(13)22-8-7-21-14/h9-10H,3-8H2,1-2H3,(H,19,20). The second-order valence-corrected chi connectivity index (χ2v) is 7.28. The van der Waals surface area contributed by atoms with Crippen molar-refractivity contribution in [1.29, 1.82) is 0 Å². The minimum absolute atomic E-state index is 0.176. The monoisotopic (exact) mass is 368 g/mol. The number of hydrogen-bond donors (Lipinski definition) is 1.